The van der Waals surface area contributed by atoms with Crippen LogP contribution in [0.25, 0.3) is 16.6 Å². The van der Waals surface area contributed by atoms with E-state index >= 15 is 0 Å². The van der Waals surface area contributed by atoms with E-state index in [1.54, 1.807) is 12.3 Å². The number of rotatable bonds is 6. The molecule has 1 unspecified atom stereocenters. The van der Waals surface area contributed by atoms with E-state index in [0.29, 0.717) is 18.0 Å². The van der Waals surface area contributed by atoms with Crippen LogP contribution in [-0.4, -0.2) is 32.0 Å². The predicted molar refractivity (Wildman–Crippen MR) is 87.7 cm³/mol. The molecule has 0 amide bonds. The quantitative estimate of drug-likeness (QED) is 0.705. The highest BCUT2D eigenvalue weighted by Gasteiger charge is 2.11. The van der Waals surface area contributed by atoms with Gasteiger partial charge in [-0.15, -0.1) is 0 Å². The third kappa shape index (κ3) is 3.45. The Hall–Kier alpha value is -2.25. The number of nitrogen functional groups attached to an aromatic ring is 1. The number of aromatic amines is 1. The van der Waals surface area contributed by atoms with Gasteiger partial charge in [-0.3, -0.25) is 0 Å². The average Bonchev–Trinajstić information content (AvgIpc) is 2.88. The van der Waals surface area contributed by atoms with Crippen molar-refractivity contribution < 1.29 is 4.21 Å². The molecule has 2 rings (SSSR count). The summed E-state index contributed by atoms with van der Waals surface area (Å²) < 4.78 is 13.8. The first-order valence-corrected chi connectivity index (χ1v) is 7.75. The van der Waals surface area contributed by atoms with Crippen molar-refractivity contribution in [3.63, 3.8) is 0 Å². The molecular formula is C14H17N5OS. The Balaban J connectivity index is 2.38. The van der Waals surface area contributed by atoms with E-state index in [1.807, 2.05) is 12.3 Å². The number of allylic oxidation sites excluding steroid dienone is 2. The summed E-state index contributed by atoms with van der Waals surface area (Å²) in [5.74, 6) is 0.405. The summed E-state index contributed by atoms with van der Waals surface area (Å²) in [7, 11) is -1.08. The molecule has 0 aromatic carbocycles. The van der Waals surface area contributed by atoms with Crippen molar-refractivity contribution in [3.8, 4) is 0 Å². The molecule has 110 valence electrons. The lowest BCUT2D eigenvalue weighted by Crippen LogP contribution is -2.17. The number of fused-ring (bicyclic) bond motifs is 1. The number of nitrogens with two attached hydrogens (primary N) is 1. The fraction of sp³-hybridized carbons (Fsp3) is 0.143. The van der Waals surface area contributed by atoms with Gasteiger partial charge in [0.1, 0.15) is 17.8 Å². The van der Waals surface area contributed by atoms with Gasteiger partial charge in [-0.25, -0.2) is 18.9 Å². The molecule has 0 saturated carbocycles. The number of hydrogen-bond donors (Lipinski definition) is 3. The first kappa shape index (κ1) is 15.1. The minimum Gasteiger partial charge on any atom is -0.383 e. The molecule has 0 aliphatic rings. The minimum atomic E-state index is -1.08. The molecule has 0 spiro atoms. The van der Waals surface area contributed by atoms with Crippen LogP contribution in [0.15, 0.2) is 43.4 Å². The number of hydrogen-bond acceptors (Lipinski definition) is 4. The highest BCUT2D eigenvalue weighted by atomic mass is 32.2. The topological polar surface area (TPSA) is 96.7 Å². The number of anilines is 1. The Morgan fingerprint density at radius 1 is 1.57 bits per heavy atom. The maximum absolute atomic E-state index is 11.0. The van der Waals surface area contributed by atoms with Crippen LogP contribution < -0.4 is 10.5 Å². The summed E-state index contributed by atoms with van der Waals surface area (Å²) >= 11 is 0. The number of H-pyrrole nitrogens is 1. The largest absolute Gasteiger partial charge is 0.383 e. The second kappa shape index (κ2) is 6.47. The number of nitrogens with zero attached hydrogens (tertiary/aromatic N) is 2. The van der Waals surface area contributed by atoms with Crippen LogP contribution >= 0.6 is 0 Å². The molecule has 0 radical (unpaired) electrons. The molecule has 0 aliphatic carbocycles. The van der Waals surface area contributed by atoms with Crippen molar-refractivity contribution >= 4 is 33.4 Å². The van der Waals surface area contributed by atoms with Crippen LogP contribution in [0.4, 0.5) is 5.82 Å². The second-order valence-electron chi connectivity index (χ2n) is 4.42. The standard InChI is InChI=1S/C14H17N5OS/c1-4-10(5-9(2)6-19-21(3)20)11-7-16-14-12(11)13(15)17-8-18-14/h4-5,7-8,19H,1-2,6H2,3H3,(H3,15,16,17,18)/b10-5+. The minimum absolute atomic E-state index is 0.405. The third-order valence-corrected chi connectivity index (χ3v) is 3.44. The molecule has 4 N–H and O–H groups in total. The lowest BCUT2D eigenvalue weighted by atomic mass is 10.0. The Morgan fingerprint density at radius 3 is 3.00 bits per heavy atom. The summed E-state index contributed by atoms with van der Waals surface area (Å²) in [4.78, 5) is 11.2. The third-order valence-electron chi connectivity index (χ3n) is 2.89. The van der Waals surface area contributed by atoms with E-state index in [0.717, 1.165) is 22.1 Å². The van der Waals surface area contributed by atoms with Gasteiger partial charge in [0.05, 0.1) is 16.4 Å². The van der Waals surface area contributed by atoms with Crippen LogP contribution in [0.3, 0.4) is 0 Å². The van der Waals surface area contributed by atoms with Crippen molar-refractivity contribution in [2.45, 2.75) is 0 Å². The SMILES string of the molecule is C=C/C(=C\C(=C)CNS(C)=O)c1c[nH]c2ncnc(N)c12. The second-order valence-corrected chi connectivity index (χ2v) is 5.62. The van der Waals surface area contributed by atoms with Crippen molar-refractivity contribution in [2.24, 2.45) is 0 Å². The number of nitrogens with one attached hydrogen (secondary N) is 2. The van der Waals surface area contributed by atoms with Crippen molar-refractivity contribution in [3.05, 3.63) is 49.0 Å². The fourth-order valence-electron chi connectivity index (χ4n) is 1.93. The van der Waals surface area contributed by atoms with Crippen LogP contribution in [0.1, 0.15) is 5.56 Å². The van der Waals surface area contributed by atoms with E-state index in [4.69, 9.17) is 5.73 Å². The lowest BCUT2D eigenvalue weighted by molar-refractivity contribution is 0.679. The maximum atomic E-state index is 11.0. The molecule has 1 atom stereocenters. The summed E-state index contributed by atoms with van der Waals surface area (Å²) in [5.41, 5.74) is 9.07. The molecule has 0 bridgehead atoms. The van der Waals surface area contributed by atoms with Crippen LogP contribution in [0.2, 0.25) is 0 Å². The molecule has 2 aromatic heterocycles. The fourth-order valence-corrected chi connectivity index (χ4v) is 2.32. The monoisotopic (exact) mass is 303 g/mol. The average molecular weight is 303 g/mol. The van der Waals surface area contributed by atoms with Gasteiger partial charge >= 0.3 is 0 Å². The molecular weight excluding hydrogens is 286 g/mol. The van der Waals surface area contributed by atoms with E-state index in [9.17, 15) is 4.21 Å². The van der Waals surface area contributed by atoms with Gasteiger partial charge in [-0.05, 0) is 11.1 Å². The molecule has 0 aliphatic heterocycles. The van der Waals surface area contributed by atoms with Crippen LogP contribution in [0.5, 0.6) is 0 Å². The Bertz CT molecular complexity index is 747. The molecule has 6 nitrogen and oxygen atoms in total. The van der Waals surface area contributed by atoms with E-state index < -0.39 is 11.0 Å². The van der Waals surface area contributed by atoms with Gasteiger partial charge in [0, 0.05) is 24.6 Å². The summed E-state index contributed by atoms with van der Waals surface area (Å²) in [6, 6.07) is 0. The van der Waals surface area contributed by atoms with Gasteiger partial charge in [0.25, 0.3) is 0 Å². The van der Waals surface area contributed by atoms with Gasteiger partial charge < -0.3 is 10.7 Å². The molecule has 0 fully saturated rings. The van der Waals surface area contributed by atoms with Crippen LogP contribution in [0, 0.1) is 0 Å². The zero-order valence-electron chi connectivity index (χ0n) is 11.7. The molecule has 21 heavy (non-hydrogen) atoms. The first-order chi connectivity index (χ1) is 10.0. The van der Waals surface area contributed by atoms with E-state index in [2.05, 4.69) is 32.8 Å². The molecule has 0 saturated heterocycles. The van der Waals surface area contributed by atoms with E-state index in [1.165, 1.54) is 6.33 Å². The zero-order valence-corrected chi connectivity index (χ0v) is 12.5. The van der Waals surface area contributed by atoms with Gasteiger partial charge in [-0.1, -0.05) is 25.3 Å². The predicted octanol–water partition coefficient (Wildman–Crippen LogP) is 1.55. The summed E-state index contributed by atoms with van der Waals surface area (Å²) in [5, 5.41) is 0.753. The molecule has 2 aromatic rings. The van der Waals surface area contributed by atoms with Gasteiger partial charge in [0.2, 0.25) is 0 Å². The summed E-state index contributed by atoms with van der Waals surface area (Å²) in [6.07, 6.45) is 8.37. The maximum Gasteiger partial charge on any atom is 0.143 e. The van der Waals surface area contributed by atoms with Gasteiger partial charge in [0.15, 0.2) is 0 Å². The van der Waals surface area contributed by atoms with Crippen molar-refractivity contribution in [2.75, 3.05) is 18.5 Å². The highest BCUT2D eigenvalue weighted by Crippen LogP contribution is 2.28. The normalized spacial score (nSPS) is 13.3. The number of aromatic nitrogens is 3. The van der Waals surface area contributed by atoms with Crippen LogP contribution in [-0.2, 0) is 11.0 Å². The molecule has 2 heterocycles. The van der Waals surface area contributed by atoms with Gasteiger partial charge in [-0.2, -0.15) is 0 Å². The smallest absolute Gasteiger partial charge is 0.143 e. The highest BCUT2D eigenvalue weighted by molar-refractivity contribution is 7.82. The van der Waals surface area contributed by atoms with Crippen molar-refractivity contribution in [1.82, 2.24) is 19.7 Å². The Labute approximate surface area is 125 Å². The zero-order chi connectivity index (χ0) is 15.4. The first-order valence-electron chi connectivity index (χ1n) is 6.19. The Morgan fingerprint density at radius 2 is 2.33 bits per heavy atom. The van der Waals surface area contributed by atoms with Crippen molar-refractivity contribution in [1.29, 1.82) is 0 Å². The summed E-state index contributed by atoms with van der Waals surface area (Å²) in [6.45, 7) is 8.17. The molecule has 7 heteroatoms. The van der Waals surface area contributed by atoms with E-state index in [-0.39, 0.29) is 0 Å². The Kier molecular flexibility index (Phi) is 4.66. The lowest BCUT2D eigenvalue weighted by Gasteiger charge is -2.05.